The smallest absolute Gasteiger partial charge is 0.164 e. The van der Waals surface area contributed by atoms with E-state index >= 15 is 0 Å². The summed E-state index contributed by atoms with van der Waals surface area (Å²) in [4.78, 5) is 4.26. The van der Waals surface area contributed by atoms with Gasteiger partial charge in [0.05, 0.1) is 19.7 Å². The minimum atomic E-state index is 0.0779. The minimum Gasteiger partial charge on any atom is -0.371 e. The van der Waals surface area contributed by atoms with E-state index < -0.39 is 0 Å². The average molecular weight is 258 g/mol. The van der Waals surface area contributed by atoms with Crippen molar-refractivity contribution in [1.29, 1.82) is 0 Å². The summed E-state index contributed by atoms with van der Waals surface area (Å²) < 4.78 is 7.73. The SMILES string of the molecule is CNCc1ncn(CC2OCCc3ccccc32)n1. The molecule has 1 aliphatic heterocycles. The van der Waals surface area contributed by atoms with E-state index in [0.717, 1.165) is 18.9 Å². The maximum absolute atomic E-state index is 5.87. The minimum absolute atomic E-state index is 0.0779. The lowest BCUT2D eigenvalue weighted by molar-refractivity contribution is 0.0281. The molecular formula is C14H18N4O. The van der Waals surface area contributed by atoms with E-state index in [2.05, 4.69) is 39.7 Å². The van der Waals surface area contributed by atoms with E-state index in [9.17, 15) is 0 Å². The third-order valence-electron chi connectivity index (χ3n) is 3.36. The first kappa shape index (κ1) is 12.3. The fourth-order valence-electron chi connectivity index (χ4n) is 2.46. The van der Waals surface area contributed by atoms with E-state index in [1.807, 2.05) is 11.7 Å². The lowest BCUT2D eigenvalue weighted by atomic mass is 9.98. The van der Waals surface area contributed by atoms with Gasteiger partial charge in [0, 0.05) is 0 Å². The molecule has 1 aromatic heterocycles. The molecule has 1 aromatic carbocycles. The second-order valence-corrected chi connectivity index (χ2v) is 4.72. The van der Waals surface area contributed by atoms with Crippen molar-refractivity contribution in [3.05, 3.63) is 47.5 Å². The number of nitrogens with one attached hydrogen (secondary N) is 1. The van der Waals surface area contributed by atoms with Crippen LogP contribution in [0.4, 0.5) is 0 Å². The van der Waals surface area contributed by atoms with E-state index in [1.54, 1.807) is 6.33 Å². The van der Waals surface area contributed by atoms with Gasteiger partial charge in [0.2, 0.25) is 0 Å². The van der Waals surface area contributed by atoms with Crippen molar-refractivity contribution < 1.29 is 4.74 Å². The normalized spacial score (nSPS) is 18.3. The van der Waals surface area contributed by atoms with Gasteiger partial charge in [-0.05, 0) is 24.6 Å². The maximum atomic E-state index is 5.87. The Labute approximate surface area is 112 Å². The highest BCUT2D eigenvalue weighted by atomic mass is 16.5. The molecule has 0 bridgehead atoms. The molecule has 1 aliphatic rings. The second-order valence-electron chi connectivity index (χ2n) is 4.72. The van der Waals surface area contributed by atoms with E-state index in [-0.39, 0.29) is 6.10 Å². The van der Waals surface area contributed by atoms with Crippen LogP contribution in [0.15, 0.2) is 30.6 Å². The molecule has 3 rings (SSSR count). The molecule has 0 amide bonds. The Morgan fingerprint density at radius 3 is 3.21 bits per heavy atom. The van der Waals surface area contributed by atoms with E-state index in [1.165, 1.54) is 11.1 Å². The quantitative estimate of drug-likeness (QED) is 0.898. The van der Waals surface area contributed by atoms with Gasteiger partial charge in [-0.2, -0.15) is 5.10 Å². The number of nitrogens with zero attached hydrogens (tertiary/aromatic N) is 3. The number of aromatic nitrogens is 3. The molecule has 0 fully saturated rings. The summed E-state index contributed by atoms with van der Waals surface area (Å²) in [6.07, 6.45) is 2.84. The van der Waals surface area contributed by atoms with Crippen molar-refractivity contribution in [1.82, 2.24) is 20.1 Å². The molecule has 0 spiro atoms. The van der Waals surface area contributed by atoms with Crippen LogP contribution in [0.3, 0.4) is 0 Å². The number of fused-ring (bicyclic) bond motifs is 1. The third kappa shape index (κ3) is 2.67. The summed E-state index contributed by atoms with van der Waals surface area (Å²) >= 11 is 0. The van der Waals surface area contributed by atoms with E-state index in [4.69, 9.17) is 4.74 Å². The lowest BCUT2D eigenvalue weighted by Gasteiger charge is -2.25. The molecule has 0 saturated heterocycles. The number of ether oxygens (including phenoxy) is 1. The van der Waals surface area contributed by atoms with Crippen molar-refractivity contribution in [3.63, 3.8) is 0 Å². The molecular weight excluding hydrogens is 240 g/mol. The molecule has 5 nitrogen and oxygen atoms in total. The predicted octanol–water partition coefficient (Wildman–Crippen LogP) is 1.31. The van der Waals surface area contributed by atoms with Crippen molar-refractivity contribution in [2.45, 2.75) is 25.6 Å². The van der Waals surface area contributed by atoms with Crippen LogP contribution in [0.1, 0.15) is 23.1 Å². The van der Waals surface area contributed by atoms with Crippen molar-refractivity contribution in [2.24, 2.45) is 0 Å². The Morgan fingerprint density at radius 2 is 2.32 bits per heavy atom. The van der Waals surface area contributed by atoms with Crippen molar-refractivity contribution in [2.75, 3.05) is 13.7 Å². The van der Waals surface area contributed by atoms with Gasteiger partial charge in [0.25, 0.3) is 0 Å². The Bertz CT molecular complexity index is 552. The van der Waals surface area contributed by atoms with Crippen LogP contribution in [0.5, 0.6) is 0 Å². The average Bonchev–Trinajstić information content (AvgIpc) is 2.87. The highest BCUT2D eigenvalue weighted by Gasteiger charge is 2.21. The summed E-state index contributed by atoms with van der Waals surface area (Å²) in [7, 11) is 1.89. The number of hydrogen-bond acceptors (Lipinski definition) is 4. The fraction of sp³-hybridized carbons (Fsp3) is 0.429. The maximum Gasteiger partial charge on any atom is 0.164 e. The van der Waals surface area contributed by atoms with Gasteiger partial charge in [-0.15, -0.1) is 0 Å². The van der Waals surface area contributed by atoms with Crippen LogP contribution < -0.4 is 5.32 Å². The molecule has 2 aromatic rings. The zero-order valence-corrected chi connectivity index (χ0v) is 11.0. The first-order chi connectivity index (χ1) is 9.36. The van der Waals surface area contributed by atoms with Gasteiger partial charge >= 0.3 is 0 Å². The topological polar surface area (TPSA) is 52.0 Å². The third-order valence-corrected chi connectivity index (χ3v) is 3.36. The molecule has 1 atom stereocenters. The largest absolute Gasteiger partial charge is 0.371 e. The fourth-order valence-corrected chi connectivity index (χ4v) is 2.46. The molecule has 0 aliphatic carbocycles. The second kappa shape index (κ2) is 5.50. The van der Waals surface area contributed by atoms with Gasteiger partial charge in [0.1, 0.15) is 12.4 Å². The Hall–Kier alpha value is -1.72. The van der Waals surface area contributed by atoms with Crippen LogP contribution in [0.2, 0.25) is 0 Å². The Morgan fingerprint density at radius 1 is 1.42 bits per heavy atom. The van der Waals surface area contributed by atoms with Gasteiger partial charge in [0.15, 0.2) is 5.82 Å². The molecule has 1 unspecified atom stereocenters. The van der Waals surface area contributed by atoms with Gasteiger partial charge < -0.3 is 10.1 Å². The van der Waals surface area contributed by atoms with Crippen LogP contribution in [-0.4, -0.2) is 28.4 Å². The van der Waals surface area contributed by atoms with Gasteiger partial charge in [-0.1, -0.05) is 24.3 Å². The summed E-state index contributed by atoms with van der Waals surface area (Å²) in [5.41, 5.74) is 2.66. The zero-order chi connectivity index (χ0) is 13.1. The first-order valence-electron chi connectivity index (χ1n) is 6.59. The molecule has 0 radical (unpaired) electrons. The lowest BCUT2D eigenvalue weighted by Crippen LogP contribution is -2.21. The molecule has 2 heterocycles. The summed E-state index contributed by atoms with van der Waals surface area (Å²) in [6, 6.07) is 8.47. The van der Waals surface area contributed by atoms with Crippen molar-refractivity contribution in [3.8, 4) is 0 Å². The monoisotopic (exact) mass is 258 g/mol. The summed E-state index contributed by atoms with van der Waals surface area (Å²) in [6.45, 7) is 2.18. The van der Waals surface area contributed by atoms with Crippen molar-refractivity contribution >= 4 is 0 Å². The van der Waals surface area contributed by atoms with Crippen LogP contribution in [0, 0.1) is 0 Å². The Balaban J connectivity index is 1.76. The summed E-state index contributed by atoms with van der Waals surface area (Å²) in [5.74, 6) is 0.812. The highest BCUT2D eigenvalue weighted by Crippen LogP contribution is 2.27. The predicted molar refractivity (Wildman–Crippen MR) is 71.6 cm³/mol. The zero-order valence-electron chi connectivity index (χ0n) is 11.0. The Kier molecular flexibility index (Phi) is 3.57. The number of rotatable bonds is 4. The number of hydrogen-bond donors (Lipinski definition) is 1. The van der Waals surface area contributed by atoms with Crippen LogP contribution in [-0.2, 0) is 24.2 Å². The molecule has 0 saturated carbocycles. The molecule has 100 valence electrons. The molecule has 1 N–H and O–H groups in total. The van der Waals surface area contributed by atoms with Crippen LogP contribution in [0.25, 0.3) is 0 Å². The first-order valence-corrected chi connectivity index (χ1v) is 6.59. The summed E-state index contributed by atoms with van der Waals surface area (Å²) in [5, 5.41) is 7.48. The van der Waals surface area contributed by atoms with Gasteiger partial charge in [-0.25, -0.2) is 9.67 Å². The standard InChI is InChI=1S/C14H18N4O/c1-15-8-14-16-10-18(17-14)9-13-12-5-3-2-4-11(12)6-7-19-13/h2-5,10,13,15H,6-9H2,1H3. The highest BCUT2D eigenvalue weighted by molar-refractivity contribution is 5.30. The molecule has 19 heavy (non-hydrogen) atoms. The van der Waals surface area contributed by atoms with Gasteiger partial charge in [-0.3, -0.25) is 0 Å². The number of benzene rings is 1. The molecule has 5 heteroatoms. The van der Waals surface area contributed by atoms with E-state index in [0.29, 0.717) is 13.1 Å². The van der Waals surface area contributed by atoms with Crippen LogP contribution >= 0.6 is 0 Å².